The number of fused-ring (bicyclic) bond motifs is 6. The van der Waals surface area contributed by atoms with Gasteiger partial charge in [0.25, 0.3) is 0 Å². The van der Waals surface area contributed by atoms with E-state index >= 15 is 0 Å². The number of hydrogen-bond donors (Lipinski definition) is 0. The molecule has 0 radical (unpaired) electrons. The molecule has 0 unspecified atom stereocenters. The summed E-state index contributed by atoms with van der Waals surface area (Å²) in [5.74, 6) is 0.561. The fourth-order valence-corrected chi connectivity index (χ4v) is 4.49. The monoisotopic (exact) mass is 371 g/mol. The molecule has 28 heavy (non-hydrogen) atoms. The fourth-order valence-electron chi connectivity index (χ4n) is 4.49. The van der Waals surface area contributed by atoms with Crippen LogP contribution in [0.1, 0.15) is 12.8 Å². The molecule has 5 heterocycles. The number of benzene rings is 2. The maximum atomic E-state index is 6.11. The van der Waals surface area contributed by atoms with Crippen molar-refractivity contribution in [1.82, 2.24) is 20.1 Å². The van der Waals surface area contributed by atoms with Gasteiger partial charge in [-0.2, -0.15) is 0 Å². The van der Waals surface area contributed by atoms with Crippen LogP contribution in [0.4, 0.5) is 6.01 Å². The number of piperidine rings is 1. The Morgan fingerprint density at radius 2 is 1.68 bits per heavy atom. The Labute approximate surface area is 162 Å². The van der Waals surface area contributed by atoms with Gasteiger partial charge < -0.3 is 14.2 Å². The molecule has 3 saturated heterocycles. The highest BCUT2D eigenvalue weighted by atomic mass is 16.4. The van der Waals surface area contributed by atoms with Crippen LogP contribution in [0.5, 0.6) is 0 Å². The summed E-state index contributed by atoms with van der Waals surface area (Å²) in [5.41, 5.74) is 2.85. The minimum Gasteiger partial charge on any atom is -0.403 e. The first-order chi connectivity index (χ1) is 13.8. The van der Waals surface area contributed by atoms with E-state index < -0.39 is 0 Å². The van der Waals surface area contributed by atoms with Crippen LogP contribution >= 0.6 is 0 Å². The van der Waals surface area contributed by atoms with Crippen molar-refractivity contribution >= 4 is 27.8 Å². The third-order valence-electron chi connectivity index (χ3n) is 6.08. The Morgan fingerprint density at radius 1 is 0.821 bits per heavy atom. The van der Waals surface area contributed by atoms with Gasteiger partial charge in [0.1, 0.15) is 0 Å². The summed E-state index contributed by atoms with van der Waals surface area (Å²) in [4.78, 5) is 9.62. The van der Waals surface area contributed by atoms with Gasteiger partial charge in [0.2, 0.25) is 5.89 Å². The van der Waals surface area contributed by atoms with Crippen molar-refractivity contribution in [2.45, 2.75) is 18.9 Å². The third-order valence-corrected chi connectivity index (χ3v) is 6.08. The Bertz CT molecular complexity index is 1160. The molecule has 140 valence electrons. The molecular weight excluding hydrogens is 350 g/mol. The molecule has 3 aliphatic rings. The fraction of sp³-hybridized carbons (Fsp3) is 0.318. The lowest BCUT2D eigenvalue weighted by Gasteiger charge is -2.29. The first-order valence-electron chi connectivity index (χ1n) is 9.96. The topological polar surface area (TPSA) is 58.3 Å². The number of rotatable bonds is 2. The van der Waals surface area contributed by atoms with Crippen LogP contribution in [0.25, 0.3) is 33.3 Å². The normalized spacial score (nSPS) is 22.1. The number of nitrogens with zero attached hydrogens (tertiary/aromatic N) is 5. The van der Waals surface area contributed by atoms with Gasteiger partial charge in [-0.15, -0.1) is 5.10 Å². The Kier molecular flexibility index (Phi) is 3.59. The van der Waals surface area contributed by atoms with E-state index in [4.69, 9.17) is 9.40 Å². The highest BCUT2D eigenvalue weighted by Crippen LogP contribution is 2.30. The number of aromatic nitrogens is 3. The summed E-state index contributed by atoms with van der Waals surface area (Å²) in [5, 5.41) is 11.0. The minimum absolute atomic E-state index is 0.511. The number of pyridine rings is 1. The highest BCUT2D eigenvalue weighted by molar-refractivity contribution is 5.94. The van der Waals surface area contributed by atoms with Gasteiger partial charge in [0.15, 0.2) is 0 Å². The van der Waals surface area contributed by atoms with E-state index in [9.17, 15) is 0 Å². The van der Waals surface area contributed by atoms with Gasteiger partial charge in [0.05, 0.1) is 11.0 Å². The minimum atomic E-state index is 0.511. The van der Waals surface area contributed by atoms with E-state index in [1.807, 2.05) is 30.3 Å². The second-order valence-electron chi connectivity index (χ2n) is 7.74. The van der Waals surface area contributed by atoms with Crippen LogP contribution in [0.15, 0.2) is 52.9 Å². The van der Waals surface area contributed by atoms with Crippen molar-refractivity contribution in [1.29, 1.82) is 0 Å². The molecule has 2 bridgehead atoms. The summed E-state index contributed by atoms with van der Waals surface area (Å²) in [6.07, 6.45) is 2.34. The molecule has 0 atom stereocenters. The summed E-state index contributed by atoms with van der Waals surface area (Å²) in [7, 11) is 0. The molecule has 3 aliphatic heterocycles. The quantitative estimate of drug-likeness (QED) is 0.501. The van der Waals surface area contributed by atoms with Crippen molar-refractivity contribution in [3.05, 3.63) is 48.5 Å². The highest BCUT2D eigenvalue weighted by Gasteiger charge is 2.31. The zero-order chi connectivity index (χ0) is 18.5. The van der Waals surface area contributed by atoms with Crippen molar-refractivity contribution < 1.29 is 4.42 Å². The predicted octanol–water partition coefficient (Wildman–Crippen LogP) is 3.72. The van der Waals surface area contributed by atoms with Gasteiger partial charge in [-0.25, -0.2) is 4.98 Å². The van der Waals surface area contributed by atoms with Crippen LogP contribution in [-0.2, 0) is 0 Å². The standard InChI is InChI=1S/C22H21N5O/c1-2-4-19-15(3-1)13-16-5-6-17(14-20(16)23-19)21-24-25-22(28-21)27-12-11-26-9-7-18(27)8-10-26/h1-6,13-14,18H,7-12H2. The average Bonchev–Trinajstić information content (AvgIpc) is 3.04. The van der Waals surface area contributed by atoms with Crippen molar-refractivity contribution in [3.8, 4) is 11.5 Å². The summed E-state index contributed by atoms with van der Waals surface area (Å²) >= 11 is 0. The van der Waals surface area contributed by atoms with E-state index in [0.717, 1.165) is 40.5 Å². The SMILES string of the molecule is c1ccc2nc3cc(-c4nnc(N5CCN6CCC5CC6)o4)ccc3cc2c1. The molecule has 2 aromatic heterocycles. The summed E-state index contributed by atoms with van der Waals surface area (Å²) in [6.45, 7) is 4.37. The Hall–Kier alpha value is -2.99. The number of hydrogen-bond acceptors (Lipinski definition) is 6. The van der Waals surface area contributed by atoms with Gasteiger partial charge in [-0.05, 0) is 37.1 Å². The van der Waals surface area contributed by atoms with Crippen molar-refractivity contribution in [2.24, 2.45) is 0 Å². The van der Waals surface area contributed by atoms with Gasteiger partial charge in [-0.1, -0.05) is 29.4 Å². The second kappa shape index (κ2) is 6.27. The first-order valence-corrected chi connectivity index (χ1v) is 9.96. The van der Waals surface area contributed by atoms with Gasteiger partial charge in [0, 0.05) is 48.6 Å². The van der Waals surface area contributed by atoms with E-state index in [0.29, 0.717) is 17.9 Å². The third kappa shape index (κ3) is 2.64. The molecule has 0 aliphatic carbocycles. The zero-order valence-electron chi connectivity index (χ0n) is 15.6. The van der Waals surface area contributed by atoms with Crippen molar-refractivity contribution in [3.63, 3.8) is 0 Å². The average molecular weight is 371 g/mol. The van der Waals surface area contributed by atoms with Gasteiger partial charge >= 0.3 is 6.01 Å². The zero-order valence-corrected chi connectivity index (χ0v) is 15.6. The van der Waals surface area contributed by atoms with Crippen LogP contribution in [0, 0.1) is 0 Å². The van der Waals surface area contributed by atoms with Crippen LogP contribution in [-0.4, -0.2) is 52.3 Å². The van der Waals surface area contributed by atoms with Crippen LogP contribution in [0.2, 0.25) is 0 Å². The van der Waals surface area contributed by atoms with E-state index in [1.54, 1.807) is 0 Å². The Balaban J connectivity index is 1.36. The lowest BCUT2D eigenvalue weighted by Crippen LogP contribution is -2.38. The predicted molar refractivity (Wildman–Crippen MR) is 109 cm³/mol. The van der Waals surface area contributed by atoms with E-state index in [-0.39, 0.29) is 0 Å². The Morgan fingerprint density at radius 3 is 2.61 bits per heavy atom. The molecule has 4 aromatic rings. The molecule has 2 aromatic carbocycles. The van der Waals surface area contributed by atoms with E-state index in [2.05, 4.69) is 38.2 Å². The molecule has 0 amide bonds. The molecule has 7 rings (SSSR count). The molecule has 3 fully saturated rings. The molecule has 6 nitrogen and oxygen atoms in total. The van der Waals surface area contributed by atoms with Crippen LogP contribution < -0.4 is 4.90 Å². The molecule has 0 spiro atoms. The van der Waals surface area contributed by atoms with Crippen molar-refractivity contribution in [2.75, 3.05) is 31.1 Å². The summed E-state index contributed by atoms with van der Waals surface area (Å²) < 4.78 is 6.11. The van der Waals surface area contributed by atoms with Gasteiger partial charge in [-0.3, -0.25) is 0 Å². The first kappa shape index (κ1) is 16.0. The molecule has 6 heteroatoms. The largest absolute Gasteiger partial charge is 0.403 e. The molecule has 0 saturated carbocycles. The maximum absolute atomic E-state index is 6.11. The van der Waals surface area contributed by atoms with E-state index in [1.165, 1.54) is 25.9 Å². The van der Waals surface area contributed by atoms with Crippen LogP contribution in [0.3, 0.4) is 0 Å². The lowest BCUT2D eigenvalue weighted by molar-refractivity contribution is 0.249. The molecular formula is C22H21N5O. The maximum Gasteiger partial charge on any atom is 0.318 e. The molecule has 0 N–H and O–H groups in total. The summed E-state index contributed by atoms with van der Waals surface area (Å²) in [6, 6.07) is 17.7. The number of anilines is 1. The number of para-hydroxylation sites is 1. The lowest BCUT2D eigenvalue weighted by atomic mass is 10.1. The smallest absolute Gasteiger partial charge is 0.318 e. The second-order valence-corrected chi connectivity index (χ2v) is 7.74.